The highest BCUT2D eigenvalue weighted by Gasteiger charge is 2.32. The molecule has 1 unspecified atom stereocenters. The standard InChI is InChI=1S/C12H23BrO2/c1-11(9-14-2)15-12(10-13)7-5-3-4-6-8-12/h11H,3-10H2,1-2H3. The highest BCUT2D eigenvalue weighted by Crippen LogP contribution is 2.33. The van der Waals surface area contributed by atoms with E-state index in [2.05, 4.69) is 22.9 Å². The third-order valence-corrected chi connectivity index (χ3v) is 4.13. The highest BCUT2D eigenvalue weighted by atomic mass is 79.9. The summed E-state index contributed by atoms with van der Waals surface area (Å²) in [6.45, 7) is 2.79. The molecule has 0 bridgehead atoms. The molecule has 0 heterocycles. The Bertz CT molecular complexity index is 165. The number of hydrogen-bond donors (Lipinski definition) is 0. The Balaban J connectivity index is 2.49. The lowest BCUT2D eigenvalue weighted by molar-refractivity contribution is -0.101. The topological polar surface area (TPSA) is 18.5 Å². The minimum absolute atomic E-state index is 0.0639. The molecule has 3 heteroatoms. The summed E-state index contributed by atoms with van der Waals surface area (Å²) in [5, 5.41) is 0.952. The molecule has 0 spiro atoms. The van der Waals surface area contributed by atoms with Crippen molar-refractivity contribution in [2.75, 3.05) is 19.0 Å². The molecule has 0 N–H and O–H groups in total. The van der Waals surface area contributed by atoms with Gasteiger partial charge in [0.25, 0.3) is 0 Å². The van der Waals surface area contributed by atoms with Crippen LogP contribution in [-0.2, 0) is 9.47 Å². The summed E-state index contributed by atoms with van der Waals surface area (Å²) < 4.78 is 11.3. The van der Waals surface area contributed by atoms with E-state index in [9.17, 15) is 0 Å². The van der Waals surface area contributed by atoms with E-state index in [1.54, 1.807) is 7.11 Å². The summed E-state index contributed by atoms with van der Waals surface area (Å²) in [7, 11) is 1.73. The average molecular weight is 279 g/mol. The molecule has 0 aliphatic heterocycles. The Labute approximate surface area is 102 Å². The van der Waals surface area contributed by atoms with Crippen molar-refractivity contribution < 1.29 is 9.47 Å². The summed E-state index contributed by atoms with van der Waals surface area (Å²) in [5.41, 5.74) is 0.0639. The summed E-state index contributed by atoms with van der Waals surface area (Å²) in [6, 6.07) is 0. The fraction of sp³-hybridized carbons (Fsp3) is 1.00. The summed E-state index contributed by atoms with van der Waals surface area (Å²) in [6.07, 6.45) is 7.88. The first-order chi connectivity index (χ1) is 7.22. The third-order valence-electron chi connectivity index (χ3n) is 3.11. The van der Waals surface area contributed by atoms with Crippen molar-refractivity contribution in [3.05, 3.63) is 0 Å². The van der Waals surface area contributed by atoms with Crippen LogP contribution in [0, 0.1) is 0 Å². The lowest BCUT2D eigenvalue weighted by Gasteiger charge is -2.34. The van der Waals surface area contributed by atoms with Crippen LogP contribution in [0.2, 0.25) is 0 Å². The van der Waals surface area contributed by atoms with Gasteiger partial charge in [0.15, 0.2) is 0 Å². The van der Waals surface area contributed by atoms with E-state index in [0.29, 0.717) is 6.61 Å². The van der Waals surface area contributed by atoms with Crippen LogP contribution in [0.1, 0.15) is 45.4 Å². The molecule has 15 heavy (non-hydrogen) atoms. The van der Waals surface area contributed by atoms with Gasteiger partial charge in [0, 0.05) is 12.4 Å². The molecule has 2 nitrogen and oxygen atoms in total. The molecular weight excluding hydrogens is 256 g/mol. The van der Waals surface area contributed by atoms with Crippen LogP contribution >= 0.6 is 15.9 Å². The normalized spacial score (nSPS) is 23.4. The Morgan fingerprint density at radius 2 is 1.80 bits per heavy atom. The van der Waals surface area contributed by atoms with E-state index in [4.69, 9.17) is 9.47 Å². The van der Waals surface area contributed by atoms with Crippen molar-refractivity contribution in [2.24, 2.45) is 0 Å². The highest BCUT2D eigenvalue weighted by molar-refractivity contribution is 9.09. The molecule has 0 saturated heterocycles. The van der Waals surface area contributed by atoms with Crippen molar-refractivity contribution >= 4 is 15.9 Å². The molecular formula is C12H23BrO2. The van der Waals surface area contributed by atoms with Crippen molar-refractivity contribution in [3.63, 3.8) is 0 Å². The van der Waals surface area contributed by atoms with Crippen LogP contribution in [0.5, 0.6) is 0 Å². The van der Waals surface area contributed by atoms with Gasteiger partial charge in [-0.05, 0) is 19.8 Å². The lowest BCUT2D eigenvalue weighted by Crippen LogP contribution is -2.38. The van der Waals surface area contributed by atoms with Crippen molar-refractivity contribution in [1.29, 1.82) is 0 Å². The van der Waals surface area contributed by atoms with Gasteiger partial charge in [-0.3, -0.25) is 0 Å². The maximum absolute atomic E-state index is 6.18. The van der Waals surface area contributed by atoms with E-state index in [1.807, 2.05) is 0 Å². The van der Waals surface area contributed by atoms with Crippen LogP contribution in [0.4, 0.5) is 0 Å². The minimum Gasteiger partial charge on any atom is -0.382 e. The zero-order valence-electron chi connectivity index (χ0n) is 9.93. The number of halogens is 1. The van der Waals surface area contributed by atoms with E-state index < -0.39 is 0 Å². The fourth-order valence-electron chi connectivity index (χ4n) is 2.35. The number of rotatable bonds is 5. The molecule has 0 amide bonds. The largest absolute Gasteiger partial charge is 0.382 e. The quantitative estimate of drug-likeness (QED) is 0.566. The van der Waals surface area contributed by atoms with Gasteiger partial charge < -0.3 is 9.47 Å². The number of ether oxygens (including phenoxy) is 2. The van der Waals surface area contributed by atoms with Crippen LogP contribution < -0.4 is 0 Å². The molecule has 1 atom stereocenters. The molecule has 90 valence electrons. The van der Waals surface area contributed by atoms with E-state index in [-0.39, 0.29) is 11.7 Å². The second-order valence-electron chi connectivity index (χ2n) is 4.61. The van der Waals surface area contributed by atoms with Gasteiger partial charge >= 0.3 is 0 Å². The zero-order valence-corrected chi connectivity index (χ0v) is 11.5. The van der Waals surface area contributed by atoms with Gasteiger partial charge in [-0.15, -0.1) is 0 Å². The van der Waals surface area contributed by atoms with Crippen molar-refractivity contribution in [1.82, 2.24) is 0 Å². The molecule has 1 aliphatic rings. The molecule has 0 radical (unpaired) electrons. The van der Waals surface area contributed by atoms with Crippen molar-refractivity contribution in [3.8, 4) is 0 Å². The summed E-state index contributed by atoms with van der Waals surface area (Å²) >= 11 is 3.62. The maximum atomic E-state index is 6.18. The van der Waals surface area contributed by atoms with Gasteiger partial charge in [-0.2, -0.15) is 0 Å². The first-order valence-corrected chi connectivity index (χ1v) is 7.07. The summed E-state index contributed by atoms with van der Waals surface area (Å²) in [4.78, 5) is 0. The smallest absolute Gasteiger partial charge is 0.0788 e. The fourth-order valence-corrected chi connectivity index (χ4v) is 3.04. The van der Waals surface area contributed by atoms with Gasteiger partial charge in [0.2, 0.25) is 0 Å². The Kier molecular flexibility index (Phi) is 6.17. The van der Waals surface area contributed by atoms with E-state index >= 15 is 0 Å². The van der Waals surface area contributed by atoms with Gasteiger partial charge in [-0.25, -0.2) is 0 Å². The molecule has 1 rings (SSSR count). The maximum Gasteiger partial charge on any atom is 0.0788 e. The minimum atomic E-state index is 0.0639. The molecule has 0 aromatic rings. The van der Waals surface area contributed by atoms with Gasteiger partial charge in [-0.1, -0.05) is 41.6 Å². The molecule has 0 aromatic heterocycles. The molecule has 1 fully saturated rings. The predicted molar refractivity (Wildman–Crippen MR) is 66.7 cm³/mol. The number of hydrogen-bond acceptors (Lipinski definition) is 2. The first-order valence-electron chi connectivity index (χ1n) is 5.95. The number of alkyl halides is 1. The number of methoxy groups -OCH3 is 1. The SMILES string of the molecule is COCC(C)OC1(CBr)CCCCCC1. The van der Waals surface area contributed by atoms with Gasteiger partial charge in [0.05, 0.1) is 18.3 Å². The predicted octanol–water partition coefficient (Wildman–Crippen LogP) is 3.53. The Hall–Kier alpha value is 0.400. The Morgan fingerprint density at radius 1 is 1.20 bits per heavy atom. The van der Waals surface area contributed by atoms with Crippen molar-refractivity contribution in [2.45, 2.75) is 57.2 Å². The molecule has 1 aliphatic carbocycles. The van der Waals surface area contributed by atoms with E-state index in [0.717, 1.165) is 5.33 Å². The van der Waals surface area contributed by atoms with Crippen LogP contribution in [0.15, 0.2) is 0 Å². The lowest BCUT2D eigenvalue weighted by atomic mass is 9.96. The third kappa shape index (κ3) is 4.41. The molecule has 0 aromatic carbocycles. The monoisotopic (exact) mass is 278 g/mol. The second kappa shape index (κ2) is 6.87. The Morgan fingerprint density at radius 3 is 2.27 bits per heavy atom. The molecule has 1 saturated carbocycles. The van der Waals surface area contributed by atoms with Crippen LogP contribution in [-0.4, -0.2) is 30.8 Å². The van der Waals surface area contributed by atoms with Gasteiger partial charge in [0.1, 0.15) is 0 Å². The first kappa shape index (κ1) is 13.5. The van der Waals surface area contributed by atoms with Crippen LogP contribution in [0.3, 0.4) is 0 Å². The second-order valence-corrected chi connectivity index (χ2v) is 5.18. The zero-order chi connectivity index (χ0) is 11.1. The van der Waals surface area contributed by atoms with Crippen LogP contribution in [0.25, 0.3) is 0 Å². The summed E-state index contributed by atoms with van der Waals surface area (Å²) in [5.74, 6) is 0. The van der Waals surface area contributed by atoms with E-state index in [1.165, 1.54) is 38.5 Å². The average Bonchev–Trinajstić information content (AvgIpc) is 2.44.